The summed E-state index contributed by atoms with van der Waals surface area (Å²) in [6, 6.07) is 26.3. The van der Waals surface area contributed by atoms with Gasteiger partial charge in [-0.05, 0) is 53.6 Å². The summed E-state index contributed by atoms with van der Waals surface area (Å²) >= 11 is 1.47. The Morgan fingerprint density at radius 1 is 0.861 bits per heavy atom. The van der Waals surface area contributed by atoms with Crippen LogP contribution in [0.1, 0.15) is 28.7 Å². The van der Waals surface area contributed by atoms with E-state index < -0.39 is 0 Å². The number of benzene rings is 3. The number of aromatic amines is 1. The highest BCUT2D eigenvalue weighted by Gasteiger charge is 2.17. The van der Waals surface area contributed by atoms with Crippen LogP contribution in [0.2, 0.25) is 0 Å². The second-order valence-corrected chi connectivity index (χ2v) is 9.67. The largest absolute Gasteiger partial charge is 0.352 e. The zero-order chi connectivity index (χ0) is 24.7. The topological polar surface area (TPSA) is 74.8 Å². The van der Waals surface area contributed by atoms with Crippen LogP contribution in [0.25, 0.3) is 21.5 Å². The van der Waals surface area contributed by atoms with Crippen molar-refractivity contribution in [3.8, 4) is 10.6 Å². The molecule has 6 heteroatoms. The van der Waals surface area contributed by atoms with Crippen LogP contribution in [0.3, 0.4) is 0 Å². The van der Waals surface area contributed by atoms with E-state index >= 15 is 0 Å². The Morgan fingerprint density at radius 3 is 2.28 bits per heavy atom. The first-order valence-electron chi connectivity index (χ1n) is 12.1. The van der Waals surface area contributed by atoms with E-state index in [2.05, 4.69) is 33.5 Å². The molecule has 0 spiro atoms. The van der Waals surface area contributed by atoms with E-state index in [1.165, 1.54) is 16.9 Å². The number of hydrogen-bond donors (Lipinski definition) is 2. The van der Waals surface area contributed by atoms with E-state index in [1.54, 1.807) is 6.20 Å². The molecule has 0 atom stereocenters. The maximum absolute atomic E-state index is 13.1. The van der Waals surface area contributed by atoms with Crippen molar-refractivity contribution in [3.63, 3.8) is 0 Å². The number of aryl methyl sites for hydroxylation is 3. The molecule has 1 amide bonds. The molecular weight excluding hydrogens is 466 g/mol. The van der Waals surface area contributed by atoms with Gasteiger partial charge < -0.3 is 10.3 Å². The van der Waals surface area contributed by atoms with Gasteiger partial charge in [0.15, 0.2) is 0 Å². The van der Waals surface area contributed by atoms with Gasteiger partial charge in [0.1, 0.15) is 5.01 Å². The predicted molar refractivity (Wildman–Crippen MR) is 146 cm³/mol. The first kappa shape index (κ1) is 23.7. The number of pyridine rings is 1. The summed E-state index contributed by atoms with van der Waals surface area (Å²) in [5.41, 5.74) is 5.67. The SMILES string of the molecule is O=C(CCc1ccccc1)NCc1ccc2[nH]c(=O)c(-c3nccs3)c(CCc3ccccc3)c2c1. The van der Waals surface area contributed by atoms with Crippen LogP contribution >= 0.6 is 11.3 Å². The molecule has 0 aliphatic carbocycles. The summed E-state index contributed by atoms with van der Waals surface area (Å²) in [5, 5.41) is 6.65. The molecule has 36 heavy (non-hydrogen) atoms. The lowest BCUT2D eigenvalue weighted by molar-refractivity contribution is -0.121. The molecule has 180 valence electrons. The highest BCUT2D eigenvalue weighted by Crippen LogP contribution is 2.29. The lowest BCUT2D eigenvalue weighted by Crippen LogP contribution is -2.23. The van der Waals surface area contributed by atoms with Gasteiger partial charge in [-0.25, -0.2) is 4.98 Å². The maximum Gasteiger partial charge on any atom is 0.259 e. The van der Waals surface area contributed by atoms with Crippen LogP contribution in [0, 0.1) is 0 Å². The lowest BCUT2D eigenvalue weighted by atomic mass is 9.95. The Morgan fingerprint density at radius 2 is 1.58 bits per heavy atom. The monoisotopic (exact) mass is 493 g/mol. The van der Waals surface area contributed by atoms with Crippen LogP contribution in [-0.4, -0.2) is 15.9 Å². The molecule has 0 saturated carbocycles. The van der Waals surface area contributed by atoms with Crippen molar-refractivity contribution in [1.82, 2.24) is 15.3 Å². The normalized spacial score (nSPS) is 11.0. The van der Waals surface area contributed by atoms with E-state index in [0.717, 1.165) is 39.0 Å². The Hall–Kier alpha value is -4.03. The van der Waals surface area contributed by atoms with Gasteiger partial charge in [-0.1, -0.05) is 66.7 Å². The van der Waals surface area contributed by atoms with Gasteiger partial charge in [-0.2, -0.15) is 0 Å². The van der Waals surface area contributed by atoms with Gasteiger partial charge >= 0.3 is 0 Å². The molecule has 5 nitrogen and oxygen atoms in total. The van der Waals surface area contributed by atoms with E-state index in [9.17, 15) is 9.59 Å². The highest BCUT2D eigenvalue weighted by atomic mass is 32.1. The molecule has 0 radical (unpaired) electrons. The smallest absolute Gasteiger partial charge is 0.259 e. The highest BCUT2D eigenvalue weighted by molar-refractivity contribution is 7.13. The zero-order valence-corrected chi connectivity index (χ0v) is 20.7. The van der Waals surface area contributed by atoms with Gasteiger partial charge in [0, 0.05) is 35.4 Å². The first-order valence-corrected chi connectivity index (χ1v) is 13.0. The first-order chi connectivity index (χ1) is 17.7. The maximum atomic E-state index is 13.1. The summed E-state index contributed by atoms with van der Waals surface area (Å²) in [6.07, 6.45) is 4.42. The van der Waals surface area contributed by atoms with Crippen molar-refractivity contribution in [2.24, 2.45) is 0 Å². The average molecular weight is 494 g/mol. The van der Waals surface area contributed by atoms with Crippen LogP contribution in [0.5, 0.6) is 0 Å². The molecule has 0 unspecified atom stereocenters. The number of carbonyl (C=O) groups is 1. The number of hydrogen-bond acceptors (Lipinski definition) is 4. The Bertz CT molecular complexity index is 1510. The van der Waals surface area contributed by atoms with Gasteiger partial charge in [-0.3, -0.25) is 9.59 Å². The Labute approximate surface area is 213 Å². The standard InChI is InChI=1S/C30H27N3O2S/c34-27(16-13-22-9-5-2-6-10-22)32-20-23-12-15-26-25(19-23)24(14-11-21-7-3-1-4-8-21)28(29(35)33-26)30-31-17-18-36-30/h1-10,12,15,17-19H,11,13-14,16,20H2,(H,32,34)(H,33,35). The minimum atomic E-state index is -0.123. The molecule has 2 N–H and O–H groups in total. The van der Waals surface area contributed by atoms with E-state index in [-0.39, 0.29) is 11.5 Å². The van der Waals surface area contributed by atoms with E-state index in [0.29, 0.717) is 31.4 Å². The minimum absolute atomic E-state index is 0.0215. The molecule has 5 aromatic rings. The molecule has 3 aromatic carbocycles. The van der Waals surface area contributed by atoms with Crippen molar-refractivity contribution in [2.45, 2.75) is 32.2 Å². The van der Waals surface area contributed by atoms with Gasteiger partial charge in [-0.15, -0.1) is 11.3 Å². The number of nitrogens with one attached hydrogen (secondary N) is 2. The predicted octanol–water partition coefficient (Wildman–Crippen LogP) is 5.69. The van der Waals surface area contributed by atoms with Gasteiger partial charge in [0.25, 0.3) is 5.56 Å². The molecule has 2 heterocycles. The molecular formula is C30H27N3O2S. The Balaban J connectivity index is 1.40. The fraction of sp³-hybridized carbons (Fsp3) is 0.167. The van der Waals surface area contributed by atoms with Crippen molar-refractivity contribution >= 4 is 28.1 Å². The number of aromatic nitrogens is 2. The summed E-state index contributed by atoms with van der Waals surface area (Å²) in [7, 11) is 0. The van der Waals surface area contributed by atoms with Crippen molar-refractivity contribution in [3.05, 3.63) is 123 Å². The van der Waals surface area contributed by atoms with E-state index in [1.807, 2.05) is 66.0 Å². The van der Waals surface area contributed by atoms with Crippen LogP contribution in [0.15, 0.2) is 95.2 Å². The number of fused-ring (bicyclic) bond motifs is 1. The second-order valence-electron chi connectivity index (χ2n) is 8.77. The average Bonchev–Trinajstić information content (AvgIpc) is 3.45. The zero-order valence-electron chi connectivity index (χ0n) is 19.9. The fourth-order valence-electron chi connectivity index (χ4n) is 4.45. The second kappa shape index (κ2) is 11.1. The third-order valence-electron chi connectivity index (χ3n) is 6.31. The fourth-order valence-corrected chi connectivity index (χ4v) is 5.16. The number of nitrogens with zero attached hydrogens (tertiary/aromatic N) is 1. The molecule has 0 bridgehead atoms. The number of H-pyrrole nitrogens is 1. The lowest BCUT2D eigenvalue weighted by Gasteiger charge is -2.13. The van der Waals surface area contributed by atoms with E-state index in [4.69, 9.17) is 0 Å². The van der Waals surface area contributed by atoms with Crippen LogP contribution in [-0.2, 0) is 30.6 Å². The van der Waals surface area contributed by atoms with Crippen molar-refractivity contribution in [2.75, 3.05) is 0 Å². The molecule has 2 aromatic heterocycles. The molecule has 5 rings (SSSR count). The minimum Gasteiger partial charge on any atom is -0.352 e. The Kier molecular flexibility index (Phi) is 7.33. The number of rotatable bonds is 9. The summed E-state index contributed by atoms with van der Waals surface area (Å²) in [6.45, 7) is 0.438. The van der Waals surface area contributed by atoms with Crippen molar-refractivity contribution < 1.29 is 4.79 Å². The quantitative estimate of drug-likeness (QED) is 0.277. The molecule has 0 aliphatic heterocycles. The van der Waals surface area contributed by atoms with Gasteiger partial charge in [0.05, 0.1) is 5.56 Å². The third-order valence-corrected chi connectivity index (χ3v) is 7.10. The molecule has 0 fully saturated rings. The summed E-state index contributed by atoms with van der Waals surface area (Å²) in [5.74, 6) is 0.0215. The number of carbonyl (C=O) groups excluding carboxylic acids is 1. The number of thiazole rings is 1. The summed E-state index contributed by atoms with van der Waals surface area (Å²) < 4.78 is 0. The van der Waals surface area contributed by atoms with Gasteiger partial charge in [0.2, 0.25) is 5.91 Å². The number of amides is 1. The summed E-state index contributed by atoms with van der Waals surface area (Å²) in [4.78, 5) is 33.1. The third kappa shape index (κ3) is 5.61. The van der Waals surface area contributed by atoms with Crippen molar-refractivity contribution in [1.29, 1.82) is 0 Å². The van der Waals surface area contributed by atoms with Crippen LogP contribution < -0.4 is 10.9 Å². The molecule has 0 saturated heterocycles. The molecule has 0 aliphatic rings. The van der Waals surface area contributed by atoms with Crippen LogP contribution in [0.4, 0.5) is 0 Å².